The molecule has 0 saturated carbocycles. The van der Waals surface area contributed by atoms with Crippen LogP contribution in [0.4, 0.5) is 4.39 Å². The third-order valence-electron chi connectivity index (χ3n) is 2.97. The first-order chi connectivity index (χ1) is 9.43. The molecule has 120 valence electrons. The van der Waals surface area contributed by atoms with Crippen molar-refractivity contribution in [3.63, 3.8) is 0 Å². The zero-order chi connectivity index (χ0) is 15.1. The van der Waals surface area contributed by atoms with Crippen LogP contribution in [0, 0.1) is 5.82 Å². The Balaban J connectivity index is 0.00000400. The van der Waals surface area contributed by atoms with Crippen LogP contribution in [0.2, 0.25) is 0 Å². The summed E-state index contributed by atoms with van der Waals surface area (Å²) in [7, 11) is 5.70. The van der Waals surface area contributed by atoms with Crippen molar-refractivity contribution < 1.29 is 4.39 Å². The van der Waals surface area contributed by atoms with E-state index in [-0.39, 0.29) is 35.8 Å². The number of nitrogens with one attached hydrogen (secondary N) is 2. The number of likely N-dealkylation sites (N-methyl/N-ethyl adjacent to an activating group) is 1. The molecule has 21 heavy (non-hydrogen) atoms. The highest BCUT2D eigenvalue weighted by Gasteiger charge is 2.15. The molecular weight excluding hydrogens is 382 g/mol. The largest absolute Gasteiger partial charge is 0.354 e. The van der Waals surface area contributed by atoms with E-state index in [4.69, 9.17) is 0 Å². The molecule has 4 nitrogen and oxygen atoms in total. The van der Waals surface area contributed by atoms with Gasteiger partial charge in [-0.3, -0.25) is 4.99 Å². The van der Waals surface area contributed by atoms with Crippen molar-refractivity contribution in [2.24, 2.45) is 4.99 Å². The number of hydrogen-bond acceptors (Lipinski definition) is 2. The fraction of sp³-hybridized carbons (Fsp3) is 0.533. The molecule has 0 aliphatic rings. The van der Waals surface area contributed by atoms with E-state index < -0.39 is 0 Å². The van der Waals surface area contributed by atoms with Gasteiger partial charge < -0.3 is 15.5 Å². The Bertz CT molecular complexity index is 449. The SMILES string of the molecule is CN=C(NCC(c1cccc(F)c1)N(C)C)NC(C)C.I. The van der Waals surface area contributed by atoms with E-state index in [9.17, 15) is 4.39 Å². The van der Waals surface area contributed by atoms with Gasteiger partial charge in [-0.25, -0.2) is 4.39 Å². The third-order valence-corrected chi connectivity index (χ3v) is 2.97. The molecule has 0 aliphatic heterocycles. The molecule has 0 aliphatic carbocycles. The van der Waals surface area contributed by atoms with Crippen molar-refractivity contribution in [2.75, 3.05) is 27.7 Å². The summed E-state index contributed by atoms with van der Waals surface area (Å²) in [5.41, 5.74) is 0.947. The summed E-state index contributed by atoms with van der Waals surface area (Å²) < 4.78 is 13.4. The van der Waals surface area contributed by atoms with Crippen molar-refractivity contribution in [3.05, 3.63) is 35.6 Å². The Hall–Kier alpha value is -0.890. The Kier molecular flexibility index (Phi) is 9.52. The van der Waals surface area contributed by atoms with Crippen LogP contribution in [-0.2, 0) is 0 Å². The number of nitrogens with zero attached hydrogens (tertiary/aromatic N) is 2. The molecule has 2 N–H and O–H groups in total. The normalized spacial score (nSPS) is 13.0. The molecule has 0 saturated heterocycles. The van der Waals surface area contributed by atoms with Gasteiger partial charge >= 0.3 is 0 Å². The number of benzene rings is 1. The number of rotatable bonds is 5. The van der Waals surface area contributed by atoms with Gasteiger partial charge in [0.25, 0.3) is 0 Å². The van der Waals surface area contributed by atoms with Crippen molar-refractivity contribution >= 4 is 29.9 Å². The topological polar surface area (TPSA) is 39.7 Å². The summed E-state index contributed by atoms with van der Waals surface area (Å²) in [5, 5.41) is 6.51. The summed E-state index contributed by atoms with van der Waals surface area (Å²) in [6.07, 6.45) is 0. The quantitative estimate of drug-likeness (QED) is 0.447. The van der Waals surface area contributed by atoms with Gasteiger partial charge in [-0.15, -0.1) is 24.0 Å². The molecule has 0 heterocycles. The minimum Gasteiger partial charge on any atom is -0.354 e. The Morgan fingerprint density at radius 2 is 2.00 bits per heavy atom. The zero-order valence-electron chi connectivity index (χ0n) is 13.4. The van der Waals surface area contributed by atoms with Crippen LogP contribution in [0.15, 0.2) is 29.3 Å². The summed E-state index contributed by atoms with van der Waals surface area (Å²) in [6, 6.07) is 7.11. The van der Waals surface area contributed by atoms with Crippen LogP contribution in [0.5, 0.6) is 0 Å². The lowest BCUT2D eigenvalue weighted by Gasteiger charge is -2.26. The van der Waals surface area contributed by atoms with Gasteiger partial charge in [-0.1, -0.05) is 12.1 Å². The lowest BCUT2D eigenvalue weighted by Crippen LogP contribution is -2.44. The molecule has 1 unspecified atom stereocenters. The highest BCUT2D eigenvalue weighted by molar-refractivity contribution is 14.0. The van der Waals surface area contributed by atoms with Gasteiger partial charge in [0.15, 0.2) is 5.96 Å². The maximum absolute atomic E-state index is 13.4. The second-order valence-corrected chi connectivity index (χ2v) is 5.29. The predicted octanol–water partition coefficient (Wildman–Crippen LogP) is 2.62. The average molecular weight is 408 g/mol. The summed E-state index contributed by atoms with van der Waals surface area (Å²) in [4.78, 5) is 6.23. The number of hydrogen-bond donors (Lipinski definition) is 2. The second-order valence-electron chi connectivity index (χ2n) is 5.29. The average Bonchev–Trinajstić information content (AvgIpc) is 2.36. The maximum atomic E-state index is 13.4. The fourth-order valence-electron chi connectivity index (χ4n) is 1.97. The van der Waals surface area contributed by atoms with Gasteiger partial charge in [0.05, 0.1) is 6.04 Å². The van der Waals surface area contributed by atoms with Crippen molar-refractivity contribution in [1.29, 1.82) is 0 Å². The molecule has 1 atom stereocenters. The molecular formula is C15H26FIN4. The highest BCUT2D eigenvalue weighted by Crippen LogP contribution is 2.18. The Labute approximate surface area is 144 Å². The van der Waals surface area contributed by atoms with E-state index in [2.05, 4.69) is 34.4 Å². The van der Waals surface area contributed by atoms with Gasteiger partial charge in [0.1, 0.15) is 5.82 Å². The molecule has 6 heteroatoms. The molecule has 1 rings (SSSR count). The van der Waals surface area contributed by atoms with E-state index in [0.29, 0.717) is 12.6 Å². The minimum atomic E-state index is -0.209. The van der Waals surface area contributed by atoms with E-state index in [0.717, 1.165) is 11.5 Å². The molecule has 0 bridgehead atoms. The van der Waals surface area contributed by atoms with Crippen LogP contribution < -0.4 is 10.6 Å². The Morgan fingerprint density at radius 3 is 2.48 bits per heavy atom. The van der Waals surface area contributed by atoms with Gasteiger partial charge in [-0.2, -0.15) is 0 Å². The number of halogens is 2. The van der Waals surface area contributed by atoms with Crippen LogP contribution in [0.3, 0.4) is 0 Å². The molecule has 0 amide bonds. The standard InChI is InChI=1S/C15H25FN4.HI/c1-11(2)19-15(17-3)18-10-14(20(4)5)12-7-6-8-13(16)9-12;/h6-9,11,14H,10H2,1-5H3,(H2,17,18,19);1H. The van der Waals surface area contributed by atoms with E-state index >= 15 is 0 Å². The first-order valence-electron chi connectivity index (χ1n) is 6.83. The maximum Gasteiger partial charge on any atom is 0.191 e. The highest BCUT2D eigenvalue weighted by atomic mass is 127. The van der Waals surface area contributed by atoms with Gasteiger partial charge in [-0.05, 0) is 45.6 Å². The van der Waals surface area contributed by atoms with Crippen LogP contribution in [0.1, 0.15) is 25.5 Å². The fourth-order valence-corrected chi connectivity index (χ4v) is 1.97. The summed E-state index contributed by atoms with van der Waals surface area (Å²) >= 11 is 0. The Morgan fingerprint density at radius 1 is 1.33 bits per heavy atom. The third kappa shape index (κ3) is 7.08. The van der Waals surface area contributed by atoms with E-state index in [1.54, 1.807) is 19.2 Å². The molecule has 0 spiro atoms. The molecule has 0 radical (unpaired) electrons. The molecule has 1 aromatic rings. The monoisotopic (exact) mass is 408 g/mol. The van der Waals surface area contributed by atoms with E-state index in [1.165, 1.54) is 6.07 Å². The van der Waals surface area contributed by atoms with Crippen molar-refractivity contribution in [3.8, 4) is 0 Å². The van der Waals surface area contributed by atoms with Crippen LogP contribution >= 0.6 is 24.0 Å². The second kappa shape index (κ2) is 9.94. The first kappa shape index (κ1) is 20.1. The lowest BCUT2D eigenvalue weighted by atomic mass is 10.1. The van der Waals surface area contributed by atoms with Crippen LogP contribution in [0.25, 0.3) is 0 Å². The summed E-state index contributed by atoms with van der Waals surface area (Å²) in [6.45, 7) is 4.77. The molecule has 1 aromatic carbocycles. The van der Waals surface area contributed by atoms with Crippen molar-refractivity contribution in [1.82, 2.24) is 15.5 Å². The first-order valence-corrected chi connectivity index (χ1v) is 6.83. The smallest absolute Gasteiger partial charge is 0.191 e. The lowest BCUT2D eigenvalue weighted by molar-refractivity contribution is 0.297. The van der Waals surface area contributed by atoms with Crippen LogP contribution in [-0.4, -0.2) is 44.6 Å². The predicted molar refractivity (Wildman–Crippen MR) is 97.9 cm³/mol. The molecule has 0 fully saturated rings. The summed E-state index contributed by atoms with van der Waals surface area (Å²) in [5.74, 6) is 0.544. The minimum absolute atomic E-state index is 0. The zero-order valence-corrected chi connectivity index (χ0v) is 15.7. The van der Waals surface area contributed by atoms with Gasteiger partial charge in [0, 0.05) is 19.6 Å². The molecule has 0 aromatic heterocycles. The number of guanidine groups is 1. The van der Waals surface area contributed by atoms with E-state index in [1.807, 2.05) is 20.2 Å². The van der Waals surface area contributed by atoms with Crippen molar-refractivity contribution in [2.45, 2.75) is 25.9 Å². The number of aliphatic imine (C=N–C) groups is 1. The van der Waals surface area contributed by atoms with Gasteiger partial charge in [0.2, 0.25) is 0 Å².